The van der Waals surface area contributed by atoms with Crippen molar-refractivity contribution in [1.82, 2.24) is 19.8 Å². The molecule has 0 saturated carbocycles. The van der Waals surface area contributed by atoms with E-state index in [2.05, 4.69) is 41.0 Å². The standard InChI is InChI=1S/C25H37N5O3S2/c1-17(31)30-11-5-18(6-12-30)15-29-9-7-19(8-10-29)23(32)28-24-27-14-22(35-24)34-16-21-26-13-20(33-21)25(2,3)4/h13-14,18-19H,5-12,15-16H2,1-4H3,(H,27,28,32). The number of piperidine rings is 2. The van der Waals surface area contributed by atoms with E-state index in [1.165, 1.54) is 11.3 Å². The second-order valence-electron chi connectivity index (χ2n) is 10.7. The van der Waals surface area contributed by atoms with E-state index in [-0.39, 0.29) is 23.1 Å². The maximum Gasteiger partial charge on any atom is 0.229 e. The van der Waals surface area contributed by atoms with E-state index in [4.69, 9.17) is 4.42 Å². The third-order valence-corrected chi connectivity index (χ3v) is 8.97. The summed E-state index contributed by atoms with van der Waals surface area (Å²) in [7, 11) is 0. The number of aromatic nitrogens is 2. The lowest BCUT2D eigenvalue weighted by Crippen LogP contribution is -2.43. The molecule has 2 amide bonds. The van der Waals surface area contributed by atoms with E-state index in [9.17, 15) is 9.59 Å². The van der Waals surface area contributed by atoms with Crippen LogP contribution in [0.2, 0.25) is 0 Å². The number of thiazole rings is 1. The number of oxazole rings is 1. The second-order valence-corrected chi connectivity index (χ2v) is 13.0. The van der Waals surface area contributed by atoms with Gasteiger partial charge in [0.15, 0.2) is 5.13 Å². The molecule has 0 unspecified atom stereocenters. The molecule has 2 aliphatic rings. The van der Waals surface area contributed by atoms with Crippen LogP contribution in [0.1, 0.15) is 65.0 Å². The summed E-state index contributed by atoms with van der Waals surface area (Å²) in [6.45, 7) is 12.7. The Morgan fingerprint density at radius 1 is 1.11 bits per heavy atom. The van der Waals surface area contributed by atoms with Crippen LogP contribution in [0.25, 0.3) is 0 Å². The number of thioether (sulfide) groups is 1. The molecule has 0 spiro atoms. The first kappa shape index (κ1) is 26.2. The van der Waals surface area contributed by atoms with Gasteiger partial charge in [0, 0.05) is 37.9 Å². The number of hydrogen-bond donors (Lipinski definition) is 1. The zero-order valence-electron chi connectivity index (χ0n) is 21.2. The molecule has 0 aliphatic carbocycles. The Balaban J connectivity index is 1.17. The molecule has 0 bridgehead atoms. The molecule has 2 aromatic rings. The number of nitrogens with one attached hydrogen (secondary N) is 1. The van der Waals surface area contributed by atoms with Gasteiger partial charge in [0.1, 0.15) is 5.76 Å². The van der Waals surface area contributed by atoms with Gasteiger partial charge in [-0.3, -0.25) is 9.59 Å². The van der Waals surface area contributed by atoms with Gasteiger partial charge >= 0.3 is 0 Å². The molecule has 0 radical (unpaired) electrons. The summed E-state index contributed by atoms with van der Waals surface area (Å²) in [5, 5.41) is 3.68. The maximum absolute atomic E-state index is 12.8. The highest BCUT2D eigenvalue weighted by Gasteiger charge is 2.28. The predicted molar refractivity (Wildman–Crippen MR) is 140 cm³/mol. The summed E-state index contributed by atoms with van der Waals surface area (Å²) < 4.78 is 6.88. The largest absolute Gasteiger partial charge is 0.444 e. The van der Waals surface area contributed by atoms with Crippen molar-refractivity contribution in [2.45, 2.75) is 68.8 Å². The van der Waals surface area contributed by atoms with Crippen molar-refractivity contribution in [3.8, 4) is 0 Å². The van der Waals surface area contributed by atoms with E-state index in [1.54, 1.807) is 31.1 Å². The second kappa shape index (κ2) is 11.4. The minimum absolute atomic E-state index is 0.0361. The minimum atomic E-state index is -0.0534. The molecule has 35 heavy (non-hydrogen) atoms. The molecule has 4 rings (SSSR count). The zero-order chi connectivity index (χ0) is 25.0. The van der Waals surface area contributed by atoms with Crippen LogP contribution in [0.4, 0.5) is 5.13 Å². The molecule has 2 aliphatic heterocycles. The highest BCUT2D eigenvalue weighted by atomic mass is 32.2. The van der Waals surface area contributed by atoms with Crippen LogP contribution >= 0.6 is 23.1 Å². The van der Waals surface area contributed by atoms with E-state index in [0.717, 1.165) is 68.4 Å². The van der Waals surface area contributed by atoms with Gasteiger partial charge < -0.3 is 19.5 Å². The summed E-state index contributed by atoms with van der Waals surface area (Å²) in [6, 6.07) is 0. The minimum Gasteiger partial charge on any atom is -0.444 e. The van der Waals surface area contributed by atoms with Crippen molar-refractivity contribution >= 4 is 40.0 Å². The van der Waals surface area contributed by atoms with Crippen molar-refractivity contribution in [2.75, 3.05) is 38.0 Å². The van der Waals surface area contributed by atoms with Crippen LogP contribution in [0.15, 0.2) is 21.0 Å². The first-order chi connectivity index (χ1) is 16.7. The lowest BCUT2D eigenvalue weighted by Gasteiger charge is -2.37. The Labute approximate surface area is 216 Å². The Kier molecular flexibility index (Phi) is 8.54. The van der Waals surface area contributed by atoms with Gasteiger partial charge in [-0.25, -0.2) is 9.97 Å². The van der Waals surface area contributed by atoms with Crippen LogP contribution in [-0.2, 0) is 20.8 Å². The van der Waals surface area contributed by atoms with Gasteiger partial charge in [-0.2, -0.15) is 0 Å². The molecular weight excluding hydrogens is 482 g/mol. The Hall–Kier alpha value is -1.91. The quantitative estimate of drug-likeness (QED) is 0.533. The summed E-state index contributed by atoms with van der Waals surface area (Å²) >= 11 is 3.11. The van der Waals surface area contributed by atoms with E-state index >= 15 is 0 Å². The van der Waals surface area contributed by atoms with Crippen LogP contribution in [0.3, 0.4) is 0 Å². The third kappa shape index (κ3) is 7.30. The van der Waals surface area contributed by atoms with Crippen LogP contribution in [0, 0.1) is 11.8 Å². The normalized spacial score (nSPS) is 18.7. The smallest absolute Gasteiger partial charge is 0.229 e. The van der Waals surface area contributed by atoms with Crippen molar-refractivity contribution in [2.24, 2.45) is 11.8 Å². The topological polar surface area (TPSA) is 91.6 Å². The molecule has 2 fully saturated rings. The van der Waals surface area contributed by atoms with Gasteiger partial charge in [0.2, 0.25) is 17.7 Å². The van der Waals surface area contributed by atoms with Gasteiger partial charge in [-0.15, -0.1) is 11.8 Å². The highest BCUT2D eigenvalue weighted by Crippen LogP contribution is 2.32. The molecular formula is C25H37N5O3S2. The summed E-state index contributed by atoms with van der Waals surface area (Å²) in [6.07, 6.45) is 7.53. The number of amides is 2. The van der Waals surface area contributed by atoms with Crippen molar-refractivity contribution in [1.29, 1.82) is 0 Å². The molecule has 8 nitrogen and oxygen atoms in total. The lowest BCUT2D eigenvalue weighted by molar-refractivity contribution is -0.130. The molecule has 1 N–H and O–H groups in total. The molecule has 192 valence electrons. The predicted octanol–water partition coefficient (Wildman–Crippen LogP) is 4.63. The van der Waals surface area contributed by atoms with Crippen LogP contribution in [-0.4, -0.2) is 64.3 Å². The molecule has 4 heterocycles. The van der Waals surface area contributed by atoms with Crippen LogP contribution < -0.4 is 5.32 Å². The molecule has 0 aromatic carbocycles. The number of nitrogens with zero attached hydrogens (tertiary/aromatic N) is 4. The molecule has 10 heteroatoms. The molecule has 2 saturated heterocycles. The van der Waals surface area contributed by atoms with Gasteiger partial charge in [-0.1, -0.05) is 32.1 Å². The van der Waals surface area contributed by atoms with E-state index in [0.29, 0.717) is 22.7 Å². The van der Waals surface area contributed by atoms with Gasteiger partial charge in [-0.05, 0) is 44.7 Å². The third-order valence-electron chi connectivity index (χ3n) is 6.88. The van der Waals surface area contributed by atoms with Crippen LogP contribution in [0.5, 0.6) is 0 Å². The fraction of sp³-hybridized carbons (Fsp3) is 0.680. The van der Waals surface area contributed by atoms with Gasteiger partial charge in [0.05, 0.1) is 22.4 Å². The number of carbonyl (C=O) groups is 2. The van der Waals surface area contributed by atoms with Crippen molar-refractivity contribution in [3.63, 3.8) is 0 Å². The van der Waals surface area contributed by atoms with Crippen molar-refractivity contribution < 1.29 is 14.0 Å². The lowest BCUT2D eigenvalue weighted by atomic mass is 9.92. The first-order valence-corrected chi connectivity index (χ1v) is 14.3. The number of hydrogen-bond acceptors (Lipinski definition) is 8. The zero-order valence-corrected chi connectivity index (χ0v) is 22.8. The van der Waals surface area contributed by atoms with Gasteiger partial charge in [0.25, 0.3) is 0 Å². The molecule has 0 atom stereocenters. The van der Waals surface area contributed by atoms with E-state index in [1.807, 2.05) is 4.90 Å². The average Bonchev–Trinajstić information content (AvgIpc) is 3.48. The summed E-state index contributed by atoms with van der Waals surface area (Å²) in [5.74, 6) is 3.17. The summed E-state index contributed by atoms with van der Waals surface area (Å²) in [4.78, 5) is 37.5. The Morgan fingerprint density at radius 3 is 2.46 bits per heavy atom. The van der Waals surface area contributed by atoms with E-state index < -0.39 is 0 Å². The number of likely N-dealkylation sites (tertiary alicyclic amines) is 2. The number of rotatable bonds is 7. The fourth-order valence-electron chi connectivity index (χ4n) is 4.62. The Bertz CT molecular complexity index is 999. The monoisotopic (exact) mass is 519 g/mol. The maximum atomic E-state index is 12.8. The summed E-state index contributed by atoms with van der Waals surface area (Å²) in [5.41, 5.74) is -0.0534. The Morgan fingerprint density at radius 2 is 1.83 bits per heavy atom. The number of carbonyl (C=O) groups excluding carboxylic acids is 2. The average molecular weight is 520 g/mol. The van der Waals surface area contributed by atoms with Crippen molar-refractivity contribution in [3.05, 3.63) is 24.0 Å². The first-order valence-electron chi connectivity index (χ1n) is 12.5. The SMILES string of the molecule is CC(=O)N1CCC(CN2CCC(C(=O)Nc3ncc(SCc4ncc(C(C)(C)C)o4)s3)CC2)CC1. The fourth-order valence-corrected chi connectivity index (χ4v) is 6.35. The number of anilines is 1. The molecule has 2 aromatic heterocycles. The highest BCUT2D eigenvalue weighted by molar-refractivity contribution is 8.00.